The van der Waals surface area contributed by atoms with Crippen molar-refractivity contribution in [2.75, 3.05) is 0 Å². The van der Waals surface area contributed by atoms with Crippen molar-refractivity contribution in [3.05, 3.63) is 0 Å². The summed E-state index contributed by atoms with van der Waals surface area (Å²) >= 11 is -5.81. The molecule has 6 heavy (non-hydrogen) atoms. The second-order valence-electron chi connectivity index (χ2n) is 0.370. The first-order valence-corrected chi connectivity index (χ1v) is 4.84. The van der Waals surface area contributed by atoms with Crippen LogP contribution in [0.15, 0.2) is 0 Å². The quantitative estimate of drug-likeness (QED) is 0.437. The Hall–Kier alpha value is 1.38. The molecule has 0 aliphatic carbocycles. The predicted octanol–water partition coefficient (Wildman–Crippen LogP) is -3.34. The van der Waals surface area contributed by atoms with Gasteiger partial charge >= 0.3 is 80.4 Å². The van der Waals surface area contributed by atoms with Gasteiger partial charge in [-0.1, -0.05) is 0 Å². The SMILES string of the molecule is [K+].[N]#[Os-](=[O])(=[O])=[O]. The molecule has 0 aliphatic rings. The molecule has 0 aromatic heterocycles. The third kappa shape index (κ3) is 54.1. The predicted molar refractivity (Wildman–Crippen MR) is 3.78 cm³/mol. The molecule has 0 saturated carbocycles. The Kier molecular flexibility index (Phi) is 5.87. The minimum atomic E-state index is -5.81. The summed E-state index contributed by atoms with van der Waals surface area (Å²) in [7, 11) is 0. The van der Waals surface area contributed by atoms with E-state index in [0.29, 0.717) is 0 Å². The molecule has 0 radical (unpaired) electrons. The Morgan fingerprint density at radius 3 is 1.17 bits per heavy atom. The maximum atomic E-state index is 8.74. The third-order valence-electron chi connectivity index (χ3n) is 0. The van der Waals surface area contributed by atoms with Gasteiger partial charge in [-0.3, -0.25) is 0 Å². The van der Waals surface area contributed by atoms with Crippen LogP contribution in [0.5, 0.6) is 0 Å². The van der Waals surface area contributed by atoms with Crippen LogP contribution in [0, 0.1) is 3.88 Å². The van der Waals surface area contributed by atoms with Crippen LogP contribution in [0.1, 0.15) is 0 Å². The van der Waals surface area contributed by atoms with Crippen LogP contribution in [-0.4, -0.2) is 0 Å². The molecule has 0 atom stereocenters. The fraction of sp³-hybridized carbons (Fsp3) is 0. The van der Waals surface area contributed by atoms with Gasteiger partial charge in [0.2, 0.25) is 0 Å². The van der Waals surface area contributed by atoms with Crippen molar-refractivity contribution in [1.29, 1.82) is 3.88 Å². The molecule has 0 rings (SSSR count). The molecule has 4 nitrogen and oxygen atoms in total. The first kappa shape index (κ1) is 10.4. The first-order valence-electron chi connectivity index (χ1n) is 0.591. The van der Waals surface area contributed by atoms with Gasteiger partial charge in [-0.15, -0.1) is 0 Å². The molecular weight excluding hydrogens is 291 g/mol. The van der Waals surface area contributed by atoms with E-state index in [0.717, 1.165) is 0 Å². The van der Waals surface area contributed by atoms with Gasteiger partial charge in [0.25, 0.3) is 0 Å². The van der Waals surface area contributed by atoms with Crippen molar-refractivity contribution in [3.8, 4) is 0 Å². The van der Waals surface area contributed by atoms with Crippen molar-refractivity contribution in [1.82, 2.24) is 0 Å². The number of hydrogen-bond donors (Lipinski definition) is 0. The average molecular weight is 291 g/mol. The second-order valence-corrected chi connectivity index (χ2v) is 3.03. The van der Waals surface area contributed by atoms with E-state index in [1.807, 2.05) is 0 Å². The Morgan fingerprint density at radius 2 is 1.17 bits per heavy atom. The summed E-state index contributed by atoms with van der Waals surface area (Å²) in [5.74, 6) is 0. The molecule has 0 saturated heterocycles. The Balaban J connectivity index is 0. The van der Waals surface area contributed by atoms with Crippen LogP contribution in [0.25, 0.3) is 0 Å². The van der Waals surface area contributed by atoms with Gasteiger partial charge in [-0.2, -0.15) is 0 Å². The molecule has 0 unspecified atom stereocenters. The van der Waals surface area contributed by atoms with Crippen LogP contribution in [0.2, 0.25) is 0 Å². The Labute approximate surface area is 78.7 Å². The normalized spacial score (nSPS) is 9.17. The van der Waals surface area contributed by atoms with Crippen LogP contribution in [0.3, 0.4) is 0 Å². The monoisotopic (exact) mass is 293 g/mol. The fourth-order valence-electron chi connectivity index (χ4n) is 0. The molecule has 6 heteroatoms. The van der Waals surface area contributed by atoms with Crippen LogP contribution in [-0.2, 0) is 25.1 Å². The van der Waals surface area contributed by atoms with Crippen molar-refractivity contribution in [2.24, 2.45) is 0 Å². The molecule has 0 fully saturated rings. The van der Waals surface area contributed by atoms with E-state index >= 15 is 0 Å². The van der Waals surface area contributed by atoms with Gasteiger partial charge < -0.3 is 0 Å². The number of nitrogens with zero attached hydrogens (tertiary/aromatic N) is 1. The third-order valence-corrected chi connectivity index (χ3v) is 0. The van der Waals surface area contributed by atoms with Crippen LogP contribution >= 0.6 is 0 Å². The second kappa shape index (κ2) is 3.39. The van der Waals surface area contributed by atoms with Gasteiger partial charge in [0, 0.05) is 0 Å². The summed E-state index contributed by atoms with van der Waals surface area (Å²) in [6.07, 6.45) is 0. The molecule has 0 heterocycles. The summed E-state index contributed by atoms with van der Waals surface area (Å²) in [6, 6.07) is 0. The fourth-order valence-corrected chi connectivity index (χ4v) is 0. The summed E-state index contributed by atoms with van der Waals surface area (Å²) < 4.78 is 33.3. The zero-order valence-electron chi connectivity index (χ0n) is 3.03. The Bertz CT molecular complexity index is 255. The summed E-state index contributed by atoms with van der Waals surface area (Å²) in [6.45, 7) is 0. The summed E-state index contributed by atoms with van der Waals surface area (Å²) in [5, 5.41) is 0. The van der Waals surface area contributed by atoms with E-state index in [4.69, 9.17) is 14.5 Å². The average Bonchev–Trinajstić information content (AvgIpc) is 0.722. The number of hydrogen-bond acceptors (Lipinski definition) is 4. The van der Waals surface area contributed by atoms with Gasteiger partial charge in [0.1, 0.15) is 0 Å². The van der Waals surface area contributed by atoms with Crippen molar-refractivity contribution >= 4 is 0 Å². The molecule has 0 amide bonds. The van der Waals surface area contributed by atoms with E-state index in [9.17, 15) is 0 Å². The molecule has 0 bridgehead atoms. The zero-order valence-corrected chi connectivity index (χ0v) is 8.69. The number of rotatable bonds is 0. The maximum absolute atomic E-state index is 8.74. The van der Waals surface area contributed by atoms with Gasteiger partial charge in [-0.05, 0) is 0 Å². The molecule has 0 aromatic rings. The zero-order chi connectivity index (χ0) is 4.50. The van der Waals surface area contributed by atoms with E-state index in [2.05, 4.69) is 0 Å². The Morgan fingerprint density at radius 1 is 1.17 bits per heavy atom. The van der Waals surface area contributed by atoms with E-state index < -0.39 is 14.5 Å². The summed E-state index contributed by atoms with van der Waals surface area (Å²) in [4.78, 5) is 0. The molecule has 0 aliphatic heterocycles. The minimum absolute atomic E-state index is 0. The van der Waals surface area contributed by atoms with Crippen molar-refractivity contribution < 1.29 is 76.5 Å². The molecule has 0 spiro atoms. The molecule has 0 N–H and O–H groups in total. The van der Waals surface area contributed by atoms with E-state index in [1.165, 1.54) is 0 Å². The van der Waals surface area contributed by atoms with Crippen LogP contribution in [0.4, 0.5) is 0 Å². The van der Waals surface area contributed by atoms with Crippen molar-refractivity contribution in [2.45, 2.75) is 0 Å². The molecule has 32 valence electrons. The van der Waals surface area contributed by atoms with E-state index in [-0.39, 0.29) is 51.4 Å². The summed E-state index contributed by atoms with van der Waals surface area (Å²) in [5.41, 5.74) is 0. The van der Waals surface area contributed by atoms with Gasteiger partial charge in [0.15, 0.2) is 0 Å². The molecular formula is KNO3Os. The van der Waals surface area contributed by atoms with Gasteiger partial charge in [-0.25, -0.2) is 0 Å². The topological polar surface area (TPSA) is 75.0 Å². The van der Waals surface area contributed by atoms with Crippen molar-refractivity contribution in [3.63, 3.8) is 0 Å². The standard InChI is InChI=1S/K.N.3O.Os/q+1;;;;;-1. The van der Waals surface area contributed by atoms with Crippen LogP contribution < -0.4 is 51.4 Å². The van der Waals surface area contributed by atoms with E-state index in [1.54, 1.807) is 0 Å². The van der Waals surface area contributed by atoms with Gasteiger partial charge in [0.05, 0.1) is 0 Å². The first-order chi connectivity index (χ1) is 2.00. The molecule has 0 aromatic carbocycles.